The van der Waals surface area contributed by atoms with Crippen molar-refractivity contribution < 1.29 is 131 Å². The van der Waals surface area contributed by atoms with E-state index < -0.39 is 248 Å². The number of aromatic hydroxyl groups is 3. The Balaban J connectivity index is 0.967. The number of amides is 10. The number of carbonyl (C=O) groups excluding carboxylic acids is 9. The molecule has 4 aliphatic carbocycles. The summed E-state index contributed by atoms with van der Waals surface area (Å²) < 4.78 is 70.8. The summed E-state index contributed by atoms with van der Waals surface area (Å²) in [5.74, 6) is -13.3. The molecule has 17 rings (SSSR count). The summed E-state index contributed by atoms with van der Waals surface area (Å²) in [6, 6.07) is 3.99. The number of phenolic OH excluding ortho intramolecular Hbond substituents is 3. The first-order valence-corrected chi connectivity index (χ1v) is 46.9. The van der Waals surface area contributed by atoms with Gasteiger partial charge in [-0.25, -0.2) is 17.9 Å². The van der Waals surface area contributed by atoms with Gasteiger partial charge in [0.05, 0.1) is 55.2 Å². The Morgan fingerprint density at radius 1 is 0.694 bits per heavy atom. The number of likely N-dealkylation sites (N-methyl/N-ethyl adjacent to an activating group) is 1. The van der Waals surface area contributed by atoms with Crippen LogP contribution in [0, 0.1) is 36.5 Å². The van der Waals surface area contributed by atoms with Crippen molar-refractivity contribution in [2.24, 2.45) is 35.3 Å². The highest BCUT2D eigenvalue weighted by Gasteiger charge is 2.54. The quantitative estimate of drug-likeness (QED) is 0.0366. The first-order valence-electron chi connectivity index (χ1n) is 44.6. The van der Waals surface area contributed by atoms with Crippen molar-refractivity contribution in [2.75, 3.05) is 45.4 Å². The van der Waals surface area contributed by atoms with Crippen molar-refractivity contribution in [2.45, 2.75) is 227 Å². The lowest BCUT2D eigenvalue weighted by Crippen LogP contribution is -2.64. The van der Waals surface area contributed by atoms with Crippen molar-refractivity contribution in [1.82, 2.24) is 57.9 Å². The second kappa shape index (κ2) is 41.6. The van der Waals surface area contributed by atoms with Gasteiger partial charge in [-0.2, -0.15) is 0 Å². The molecule has 7 heterocycles. The SMILES string of the molecule is CN[C@H](CC(C)C)C(=O)N[C@H]1C(=O)N[C@@H](CC(=O)NC(=O)Nc2ccc(OC)cc2)C(=O)N[C@H]2C(=O)N[C@H]3C(=O)N[C@H](C(=O)N[C@H](C(=O)NC4C5CC6CC(C5)CC4C6)c4cc(O)c(CNCCCCCNS(C)(=O)=O)c(O)c4-c4cc3ccc4O)[C@H](O)c3ccc(c(Cl)c3)Oc3cc2cc(c3O[C@@H]2O[C@H](CO)[C@@H](O)[C@H](O)[C@H]2O[C@H]2C[C@](C)(N)[C@H](O)[C@H](C)O2)Oc2ccc(cc2C)[C@H]1O. The van der Waals surface area contributed by atoms with E-state index in [1.807, 2.05) is 13.8 Å². The van der Waals surface area contributed by atoms with Crippen LogP contribution in [0.25, 0.3) is 11.1 Å². The molecule has 18 atom stereocenters. The van der Waals surface area contributed by atoms with Gasteiger partial charge in [0.1, 0.15) is 101 Å². The van der Waals surface area contributed by atoms with Gasteiger partial charge in [-0.05, 0) is 228 Å². The Morgan fingerprint density at radius 2 is 1.34 bits per heavy atom. The molecule has 2 saturated heterocycles. The second-order valence-electron chi connectivity index (χ2n) is 36.6. The van der Waals surface area contributed by atoms with E-state index >= 15 is 28.8 Å². The average Bonchev–Trinajstić information content (AvgIpc) is 0.755. The number of anilines is 1. The molecule has 6 fully saturated rings. The molecule has 40 nitrogen and oxygen atoms in total. The molecule has 0 spiro atoms. The monoisotopic (exact) mass is 1900 g/mol. The summed E-state index contributed by atoms with van der Waals surface area (Å²) in [7, 11) is -0.589. The van der Waals surface area contributed by atoms with Gasteiger partial charge in [-0.3, -0.25) is 43.7 Å². The van der Waals surface area contributed by atoms with Gasteiger partial charge < -0.3 is 138 Å². The van der Waals surface area contributed by atoms with Crippen LogP contribution in [0.4, 0.5) is 10.5 Å². The molecule has 134 heavy (non-hydrogen) atoms. The van der Waals surface area contributed by atoms with Crippen LogP contribution in [0.15, 0.2) is 97.1 Å². The number of imide groups is 1. The van der Waals surface area contributed by atoms with Crippen molar-refractivity contribution in [3.63, 3.8) is 0 Å². The number of methoxy groups -OCH3 is 1. The molecule has 42 heteroatoms. The number of sulfonamides is 1. The standard InChI is InChI=1S/C92H116ClN13O27S/c1-40(2)24-57(95-6)83(117)105-73-75(111)46-13-20-61(41(3)25-46)129-63-33-50-34-64(80(63)133-90-81(79(115)78(114)65(39-107)131-90)132-67-37-92(5,94)82(116)42(4)128-67)130-62-21-14-47(32-56(62)93)76(112)74-89(123)104-72(87(121)101-69-48-27-43-26-44(29-48)30-49(69)28-43)54-35-60(109)55(38-96-22-10-9-11-23-97-134(8,125)126)77(113)68(54)53-31-45(12-19-59(53)108)70(85(119)106-74)103-86(120)71(50)102-84(118)58(99-88(73)122)36-66(110)100-91(124)98-51-15-17-52(127-7)18-16-51/h12-21,25,31-35,40,42-44,48-49,57-58,65,67,69-76,78-79,81-82,90,95-97,107-109,111-116H,9-11,22-24,26-30,36-39,94H2,1-8H3,(H,99,122)(H,101,121)(H,102,118)(H,103,120)(H,104,123)(H,105,117)(H,106,119)(H2,98,100,110,124)/t42-,43?,44?,48?,49?,57+,58-,65+,67-,69?,70+,71+,72-,73+,74-,75+,76+,78+,79-,81+,82+,90-,92-/m0/s1. The number of fused-ring (bicyclic) bond motifs is 15. The zero-order valence-electron chi connectivity index (χ0n) is 74.9. The van der Waals surface area contributed by atoms with Gasteiger partial charge in [0, 0.05) is 47.9 Å². The van der Waals surface area contributed by atoms with Crippen molar-refractivity contribution in [3.05, 3.63) is 141 Å². The molecule has 10 amide bonds. The van der Waals surface area contributed by atoms with E-state index in [1.54, 1.807) is 0 Å². The lowest BCUT2D eigenvalue weighted by molar-refractivity contribution is -0.333. The van der Waals surface area contributed by atoms with E-state index in [0.29, 0.717) is 36.8 Å². The number of hydrogen-bond acceptors (Lipinski definition) is 30. The number of nitrogens with two attached hydrogens (primary N) is 1. The third-order valence-electron chi connectivity index (χ3n) is 26.1. The van der Waals surface area contributed by atoms with Crippen LogP contribution in [0.1, 0.15) is 168 Å². The highest BCUT2D eigenvalue weighted by Crippen LogP contribution is 2.55. The predicted molar refractivity (Wildman–Crippen MR) is 480 cm³/mol. The number of urea groups is 1. The van der Waals surface area contributed by atoms with Crippen LogP contribution >= 0.6 is 11.6 Å². The van der Waals surface area contributed by atoms with E-state index in [1.165, 1.54) is 89.5 Å². The number of aliphatic hydroxyl groups excluding tert-OH is 6. The average molecular weight is 1900 g/mol. The molecule has 4 saturated carbocycles. The van der Waals surface area contributed by atoms with E-state index in [4.69, 9.17) is 50.5 Å². The van der Waals surface area contributed by atoms with Crippen molar-refractivity contribution >= 4 is 80.6 Å². The molecule has 11 aliphatic rings. The number of carbonyl (C=O) groups is 9. The summed E-state index contributed by atoms with van der Waals surface area (Å²) in [4.78, 5) is 140. The number of halogens is 1. The number of ether oxygens (including phenoxy) is 7. The fraction of sp³-hybridized carbons (Fsp3) is 0.511. The maximum absolute atomic E-state index is 16.9. The molecule has 7 aliphatic heterocycles. The lowest BCUT2D eigenvalue weighted by atomic mass is 9.54. The first-order chi connectivity index (χ1) is 63.6. The molecule has 23 N–H and O–H groups in total. The summed E-state index contributed by atoms with van der Waals surface area (Å²) >= 11 is 7.36. The number of unbranched alkanes of at least 4 members (excludes halogenated alkanes) is 2. The molecule has 0 radical (unpaired) electrons. The van der Waals surface area contributed by atoms with E-state index in [0.717, 1.165) is 80.8 Å². The molecule has 15 bridgehead atoms. The summed E-state index contributed by atoms with van der Waals surface area (Å²) in [6.07, 6.45) is -12.2. The summed E-state index contributed by atoms with van der Waals surface area (Å²) in [5, 5.41) is 139. The Bertz CT molecular complexity index is 5520. The third kappa shape index (κ3) is 22.3. The van der Waals surface area contributed by atoms with Gasteiger partial charge in [0.15, 0.2) is 23.9 Å². The van der Waals surface area contributed by atoms with Crippen LogP contribution in [-0.4, -0.2) is 233 Å². The van der Waals surface area contributed by atoms with Crippen molar-refractivity contribution in [3.8, 4) is 62.9 Å². The predicted octanol–water partition coefficient (Wildman–Crippen LogP) is 3.30. The number of rotatable bonds is 25. The van der Waals surface area contributed by atoms with Crippen LogP contribution in [0.5, 0.6) is 51.7 Å². The zero-order valence-corrected chi connectivity index (χ0v) is 76.4. The number of hydrogen-bond donors (Lipinski definition) is 22. The minimum absolute atomic E-state index is 0.0112. The summed E-state index contributed by atoms with van der Waals surface area (Å²) in [6.45, 7) is 7.26. The van der Waals surface area contributed by atoms with Crippen LogP contribution in [0.3, 0.4) is 0 Å². The number of phenols is 3. The highest BCUT2D eigenvalue weighted by molar-refractivity contribution is 7.88. The van der Waals surface area contributed by atoms with Gasteiger partial charge >= 0.3 is 6.03 Å². The number of benzene rings is 6. The fourth-order valence-corrected chi connectivity index (χ4v) is 20.1. The molecule has 724 valence electrons. The number of aryl methyl sites for hydroxylation is 1. The van der Waals surface area contributed by atoms with Crippen LogP contribution in [0.2, 0.25) is 5.02 Å². The molecular formula is C92H116ClN13O27S. The minimum Gasteiger partial charge on any atom is -0.507 e. The molecule has 6 aromatic carbocycles. The summed E-state index contributed by atoms with van der Waals surface area (Å²) in [5.41, 5.74) is 2.98. The molecular weight excluding hydrogens is 1790 g/mol. The second-order valence-corrected chi connectivity index (χ2v) is 38.8. The smallest absolute Gasteiger partial charge is 0.325 e. The maximum atomic E-state index is 16.9. The lowest BCUT2D eigenvalue weighted by Gasteiger charge is -2.54. The van der Waals surface area contributed by atoms with Gasteiger partial charge in [-0.1, -0.05) is 50.1 Å². The number of aliphatic hydroxyl groups is 6. The molecule has 6 aromatic rings. The van der Waals surface area contributed by atoms with Crippen LogP contribution < -0.4 is 87.9 Å². The Hall–Kier alpha value is -11.1. The van der Waals surface area contributed by atoms with E-state index in [-0.39, 0.29) is 101 Å². The number of nitrogens with one attached hydrogen (secondary N) is 12. The van der Waals surface area contributed by atoms with Crippen molar-refractivity contribution in [1.29, 1.82) is 0 Å². The fourth-order valence-electron chi connectivity index (χ4n) is 19.4. The largest absolute Gasteiger partial charge is 0.507 e. The Morgan fingerprint density at radius 3 is 1.98 bits per heavy atom. The zero-order chi connectivity index (χ0) is 96.4. The normalized spacial score (nSPS) is 29.2. The molecule has 0 unspecified atom stereocenters. The van der Waals surface area contributed by atoms with E-state index in [2.05, 4.69) is 63.2 Å². The third-order valence-corrected chi connectivity index (χ3v) is 27.2. The molecule has 0 aromatic heterocycles. The minimum atomic E-state index is -3.48. The van der Waals surface area contributed by atoms with Gasteiger partial charge in [0.25, 0.3) is 0 Å². The maximum Gasteiger partial charge on any atom is 0.325 e. The van der Waals surface area contributed by atoms with Crippen LogP contribution in [-0.2, 0) is 69.1 Å². The van der Waals surface area contributed by atoms with E-state index in [9.17, 15) is 68.8 Å². The highest BCUT2D eigenvalue weighted by atomic mass is 35.5. The van der Waals surface area contributed by atoms with Gasteiger partial charge in [-0.15, -0.1) is 0 Å². The van der Waals surface area contributed by atoms with Gasteiger partial charge in [0.2, 0.25) is 69.3 Å². The first kappa shape index (κ1) is 98.9. The topological polar surface area (TPSA) is 605 Å². The Kier molecular flexibility index (Phi) is 30.7. The Labute approximate surface area is 777 Å².